The Bertz CT molecular complexity index is 1290. The minimum Gasteiger partial charge on any atom is -0.351 e. The van der Waals surface area contributed by atoms with Crippen LogP contribution < -0.4 is 10.6 Å². The van der Waals surface area contributed by atoms with Crippen LogP contribution >= 0.6 is 0 Å². The highest BCUT2D eigenvalue weighted by atomic mass is 19.4. The molecule has 2 N–H and O–H groups in total. The van der Waals surface area contributed by atoms with Gasteiger partial charge in [-0.25, -0.2) is 4.98 Å². The Balaban J connectivity index is 1.55. The second kappa shape index (κ2) is 8.47. The minimum atomic E-state index is -4.42. The van der Waals surface area contributed by atoms with E-state index >= 15 is 0 Å². The molecule has 1 aliphatic heterocycles. The summed E-state index contributed by atoms with van der Waals surface area (Å²) in [5.41, 5.74) is 1.47. The summed E-state index contributed by atoms with van der Waals surface area (Å²) in [5.74, 6) is 1.56. The number of nitrogens with zero attached hydrogens (tertiary/aromatic N) is 4. The highest BCUT2D eigenvalue weighted by Gasteiger charge is 2.30. The van der Waals surface area contributed by atoms with Crippen LogP contribution in [-0.4, -0.2) is 32.6 Å². The van der Waals surface area contributed by atoms with Crippen molar-refractivity contribution in [1.82, 2.24) is 24.8 Å². The molecule has 2 aromatic carbocycles. The number of nitrogens with one attached hydrogen (secondary N) is 2. The van der Waals surface area contributed by atoms with Crippen molar-refractivity contribution in [3.63, 3.8) is 0 Å². The second-order valence-electron chi connectivity index (χ2n) is 8.27. The number of benzene rings is 2. The van der Waals surface area contributed by atoms with Gasteiger partial charge in [0.1, 0.15) is 5.82 Å². The summed E-state index contributed by atoms with van der Waals surface area (Å²) in [6, 6.07) is 13.0. The number of rotatable bonds is 4. The van der Waals surface area contributed by atoms with E-state index in [0.29, 0.717) is 11.6 Å². The molecule has 33 heavy (non-hydrogen) atoms. The first-order chi connectivity index (χ1) is 15.9. The number of halogens is 3. The zero-order chi connectivity index (χ0) is 23.0. The largest absolute Gasteiger partial charge is 0.416 e. The van der Waals surface area contributed by atoms with Crippen LogP contribution in [0.15, 0.2) is 54.7 Å². The Morgan fingerprint density at radius 3 is 2.61 bits per heavy atom. The molecule has 2 aromatic heterocycles. The number of hydrogen-bond acceptors (Lipinski definition) is 5. The molecule has 0 spiro atoms. The van der Waals surface area contributed by atoms with E-state index in [1.165, 1.54) is 6.07 Å². The quantitative estimate of drug-likeness (QED) is 0.442. The predicted octanol–water partition coefficient (Wildman–Crippen LogP) is 5.26. The Morgan fingerprint density at radius 2 is 1.82 bits per heavy atom. The molecule has 1 saturated heterocycles. The van der Waals surface area contributed by atoms with Crippen molar-refractivity contribution in [1.29, 1.82) is 0 Å². The summed E-state index contributed by atoms with van der Waals surface area (Å²) < 4.78 is 41.5. The molecule has 0 bridgehead atoms. The lowest BCUT2D eigenvalue weighted by molar-refractivity contribution is -0.137. The standard InChI is InChI=1S/C24H23F3N6/c1-33-12-9-16-13-17(5-6-20(16)33)22-30-21(15-7-10-28-11-8-15)31-23(32-22)29-19-4-2-3-18(14-19)24(25,26)27/h2-6,9,12-15,28H,7-8,10-11H2,1H3,(H,29,30,31,32). The molecule has 170 valence electrons. The van der Waals surface area contributed by atoms with Crippen LogP contribution in [0.2, 0.25) is 0 Å². The Labute approximate surface area is 188 Å². The number of anilines is 2. The fraction of sp³-hybridized carbons (Fsp3) is 0.292. The zero-order valence-corrected chi connectivity index (χ0v) is 18.0. The van der Waals surface area contributed by atoms with Crippen molar-refractivity contribution in [2.75, 3.05) is 18.4 Å². The topological polar surface area (TPSA) is 67.7 Å². The molecule has 6 nitrogen and oxygen atoms in total. The molecule has 1 fully saturated rings. The molecule has 0 unspecified atom stereocenters. The van der Waals surface area contributed by atoms with Gasteiger partial charge in [-0.2, -0.15) is 23.1 Å². The normalized spacial score (nSPS) is 15.2. The van der Waals surface area contributed by atoms with Gasteiger partial charge < -0.3 is 15.2 Å². The third-order valence-corrected chi connectivity index (χ3v) is 5.95. The van der Waals surface area contributed by atoms with E-state index in [1.807, 2.05) is 42.1 Å². The molecule has 1 aliphatic rings. The van der Waals surface area contributed by atoms with E-state index in [9.17, 15) is 13.2 Å². The van der Waals surface area contributed by atoms with Crippen LogP contribution in [0.1, 0.15) is 30.1 Å². The van der Waals surface area contributed by atoms with Gasteiger partial charge in [0.05, 0.1) is 5.56 Å². The monoisotopic (exact) mass is 452 g/mol. The summed E-state index contributed by atoms with van der Waals surface area (Å²) in [5, 5.41) is 7.36. The number of alkyl halides is 3. The van der Waals surface area contributed by atoms with E-state index in [1.54, 1.807) is 6.07 Å². The third-order valence-electron chi connectivity index (χ3n) is 5.95. The van der Waals surface area contributed by atoms with Crippen LogP contribution in [0.4, 0.5) is 24.8 Å². The first-order valence-electron chi connectivity index (χ1n) is 10.8. The highest BCUT2D eigenvalue weighted by Crippen LogP contribution is 2.32. The summed E-state index contributed by atoms with van der Waals surface area (Å²) in [6.07, 6.45) is -0.648. The number of aromatic nitrogens is 4. The van der Waals surface area contributed by atoms with E-state index in [0.717, 1.165) is 54.5 Å². The first-order valence-corrected chi connectivity index (χ1v) is 10.8. The van der Waals surface area contributed by atoms with Gasteiger partial charge in [-0.05, 0) is 68.4 Å². The lowest BCUT2D eigenvalue weighted by Gasteiger charge is -2.22. The Hall–Kier alpha value is -3.46. The number of hydrogen-bond donors (Lipinski definition) is 2. The average Bonchev–Trinajstić information content (AvgIpc) is 3.19. The molecule has 5 rings (SSSR count). The fourth-order valence-electron chi connectivity index (χ4n) is 4.16. The van der Waals surface area contributed by atoms with Crippen molar-refractivity contribution >= 4 is 22.5 Å². The van der Waals surface area contributed by atoms with Gasteiger partial charge in [0.25, 0.3) is 0 Å². The summed E-state index contributed by atoms with van der Waals surface area (Å²) >= 11 is 0. The molecule has 0 atom stereocenters. The molecule has 0 radical (unpaired) electrons. The Kier molecular flexibility index (Phi) is 5.49. The molecule has 0 aliphatic carbocycles. The molecular weight excluding hydrogens is 429 g/mol. The number of fused-ring (bicyclic) bond motifs is 1. The molecule has 4 aromatic rings. The van der Waals surface area contributed by atoms with Gasteiger partial charge in [-0.1, -0.05) is 6.07 Å². The maximum Gasteiger partial charge on any atom is 0.416 e. The zero-order valence-electron chi connectivity index (χ0n) is 18.0. The lowest BCUT2D eigenvalue weighted by atomic mass is 9.97. The average molecular weight is 452 g/mol. The van der Waals surface area contributed by atoms with Gasteiger partial charge in [0, 0.05) is 41.3 Å². The van der Waals surface area contributed by atoms with Gasteiger partial charge in [-0.3, -0.25) is 0 Å². The molecule has 0 saturated carbocycles. The third kappa shape index (κ3) is 4.54. The molecule has 3 heterocycles. The van der Waals surface area contributed by atoms with E-state index < -0.39 is 11.7 Å². The SMILES string of the molecule is Cn1ccc2cc(-c3nc(Nc4cccc(C(F)(F)F)c4)nc(C4CCNCC4)n3)ccc21. The predicted molar refractivity (Wildman–Crippen MR) is 121 cm³/mol. The number of aryl methyl sites for hydroxylation is 1. The van der Waals surface area contributed by atoms with Crippen molar-refractivity contribution in [2.24, 2.45) is 7.05 Å². The van der Waals surface area contributed by atoms with Crippen LogP contribution in [0, 0.1) is 0 Å². The van der Waals surface area contributed by atoms with Gasteiger partial charge in [0.15, 0.2) is 5.82 Å². The van der Waals surface area contributed by atoms with Gasteiger partial charge in [-0.15, -0.1) is 0 Å². The van der Waals surface area contributed by atoms with Gasteiger partial charge in [0.2, 0.25) is 5.95 Å². The van der Waals surface area contributed by atoms with Crippen LogP contribution in [0.25, 0.3) is 22.3 Å². The summed E-state index contributed by atoms with van der Waals surface area (Å²) in [7, 11) is 1.98. The van der Waals surface area contributed by atoms with Crippen molar-refractivity contribution in [3.8, 4) is 11.4 Å². The molecule has 9 heteroatoms. The molecular formula is C24H23F3N6. The van der Waals surface area contributed by atoms with Crippen molar-refractivity contribution in [2.45, 2.75) is 24.9 Å². The maximum absolute atomic E-state index is 13.2. The smallest absolute Gasteiger partial charge is 0.351 e. The van der Waals surface area contributed by atoms with E-state index in [2.05, 4.69) is 20.6 Å². The molecule has 0 amide bonds. The van der Waals surface area contributed by atoms with E-state index in [-0.39, 0.29) is 17.6 Å². The minimum absolute atomic E-state index is 0.163. The second-order valence-corrected chi connectivity index (χ2v) is 8.27. The van der Waals surface area contributed by atoms with E-state index in [4.69, 9.17) is 4.98 Å². The van der Waals surface area contributed by atoms with Crippen molar-refractivity contribution in [3.05, 3.63) is 66.1 Å². The van der Waals surface area contributed by atoms with Gasteiger partial charge >= 0.3 is 6.18 Å². The van der Waals surface area contributed by atoms with Crippen molar-refractivity contribution < 1.29 is 13.2 Å². The summed E-state index contributed by atoms with van der Waals surface area (Å²) in [6.45, 7) is 1.75. The van der Waals surface area contributed by atoms with Crippen LogP contribution in [0.5, 0.6) is 0 Å². The van der Waals surface area contributed by atoms with Crippen LogP contribution in [0.3, 0.4) is 0 Å². The number of piperidine rings is 1. The summed E-state index contributed by atoms with van der Waals surface area (Å²) in [4.78, 5) is 13.9. The fourth-order valence-corrected chi connectivity index (χ4v) is 4.16. The lowest BCUT2D eigenvalue weighted by Crippen LogP contribution is -2.27. The maximum atomic E-state index is 13.2. The Morgan fingerprint density at radius 1 is 1.00 bits per heavy atom. The highest BCUT2D eigenvalue weighted by molar-refractivity contribution is 5.84. The first kappa shape index (κ1) is 21.4. The van der Waals surface area contributed by atoms with Crippen LogP contribution in [-0.2, 0) is 13.2 Å².